The Bertz CT molecular complexity index is 276. The lowest BCUT2D eigenvalue weighted by molar-refractivity contribution is -0.151. The summed E-state index contributed by atoms with van der Waals surface area (Å²) < 4.78 is 0. The molecule has 0 radical (unpaired) electrons. The highest BCUT2D eigenvalue weighted by Gasteiger charge is 2.40. The fraction of sp³-hybridized carbons (Fsp3) is 0.833. The fourth-order valence-electron chi connectivity index (χ4n) is 2.22. The second-order valence-electron chi connectivity index (χ2n) is 4.61. The molecule has 1 heterocycles. The molecule has 2 amide bonds. The van der Waals surface area contributed by atoms with Gasteiger partial charge in [0.15, 0.2) is 0 Å². The summed E-state index contributed by atoms with van der Waals surface area (Å²) in [6, 6.07) is -0.521. The number of amides is 2. The minimum atomic E-state index is -0.331. The van der Waals surface area contributed by atoms with E-state index in [-0.39, 0.29) is 29.9 Å². The van der Waals surface area contributed by atoms with Crippen LogP contribution in [0.2, 0.25) is 0 Å². The zero-order chi connectivity index (χ0) is 12.3. The Balaban J connectivity index is 2.92. The van der Waals surface area contributed by atoms with Crippen LogP contribution in [0.5, 0.6) is 0 Å². The summed E-state index contributed by atoms with van der Waals surface area (Å²) >= 11 is 0. The van der Waals surface area contributed by atoms with Crippen LogP contribution in [0, 0.1) is 0 Å². The standard InChI is InChI=1S/C12H22N2O2/c1-5-7-10-11(15)13-9(6-2)12(16)14(10)8(3)4/h8-10H,5-7H2,1-4H3,(H,13,15). The third-order valence-corrected chi connectivity index (χ3v) is 3.03. The van der Waals surface area contributed by atoms with Gasteiger partial charge in [0, 0.05) is 6.04 Å². The predicted molar refractivity (Wildman–Crippen MR) is 62.9 cm³/mol. The maximum atomic E-state index is 12.1. The van der Waals surface area contributed by atoms with Crippen molar-refractivity contribution in [3.8, 4) is 0 Å². The monoisotopic (exact) mass is 226 g/mol. The van der Waals surface area contributed by atoms with Gasteiger partial charge in [-0.15, -0.1) is 0 Å². The molecule has 0 aromatic carbocycles. The van der Waals surface area contributed by atoms with E-state index in [0.717, 1.165) is 12.8 Å². The highest BCUT2D eigenvalue weighted by Crippen LogP contribution is 2.18. The quantitative estimate of drug-likeness (QED) is 0.785. The van der Waals surface area contributed by atoms with Gasteiger partial charge in [-0.3, -0.25) is 9.59 Å². The Morgan fingerprint density at radius 2 is 1.94 bits per heavy atom. The van der Waals surface area contributed by atoms with Crippen LogP contribution < -0.4 is 5.32 Å². The van der Waals surface area contributed by atoms with Crippen LogP contribution in [-0.2, 0) is 9.59 Å². The third-order valence-electron chi connectivity index (χ3n) is 3.03. The Labute approximate surface area is 97.4 Å². The van der Waals surface area contributed by atoms with E-state index < -0.39 is 0 Å². The molecule has 0 aromatic rings. The van der Waals surface area contributed by atoms with Crippen LogP contribution in [0.4, 0.5) is 0 Å². The Hall–Kier alpha value is -1.06. The van der Waals surface area contributed by atoms with Crippen molar-refractivity contribution in [3.63, 3.8) is 0 Å². The molecule has 92 valence electrons. The van der Waals surface area contributed by atoms with Gasteiger partial charge in [0.1, 0.15) is 12.1 Å². The van der Waals surface area contributed by atoms with E-state index in [2.05, 4.69) is 5.32 Å². The predicted octanol–water partition coefficient (Wildman–Crippen LogP) is 1.30. The van der Waals surface area contributed by atoms with Gasteiger partial charge in [0.05, 0.1) is 0 Å². The van der Waals surface area contributed by atoms with Crippen LogP contribution in [0.3, 0.4) is 0 Å². The van der Waals surface area contributed by atoms with Gasteiger partial charge in [0.2, 0.25) is 11.8 Å². The molecule has 1 aliphatic rings. The van der Waals surface area contributed by atoms with Gasteiger partial charge in [-0.1, -0.05) is 20.3 Å². The molecule has 0 bridgehead atoms. The molecular formula is C12H22N2O2. The minimum Gasteiger partial charge on any atom is -0.343 e. The Morgan fingerprint density at radius 3 is 2.38 bits per heavy atom. The zero-order valence-corrected chi connectivity index (χ0v) is 10.6. The first-order valence-electron chi connectivity index (χ1n) is 6.15. The summed E-state index contributed by atoms with van der Waals surface area (Å²) in [6.45, 7) is 7.88. The molecule has 16 heavy (non-hydrogen) atoms. The number of carbonyl (C=O) groups excluding carboxylic acids is 2. The van der Waals surface area contributed by atoms with E-state index in [1.54, 1.807) is 4.90 Å². The van der Waals surface area contributed by atoms with Gasteiger partial charge < -0.3 is 10.2 Å². The number of rotatable bonds is 4. The molecular weight excluding hydrogens is 204 g/mol. The molecule has 1 aliphatic heterocycles. The van der Waals surface area contributed by atoms with Crippen molar-refractivity contribution in [3.05, 3.63) is 0 Å². The number of hydrogen-bond acceptors (Lipinski definition) is 2. The normalized spacial score (nSPS) is 26.2. The smallest absolute Gasteiger partial charge is 0.246 e. The van der Waals surface area contributed by atoms with Crippen LogP contribution in [0.1, 0.15) is 47.0 Å². The second-order valence-corrected chi connectivity index (χ2v) is 4.61. The third kappa shape index (κ3) is 2.36. The van der Waals surface area contributed by atoms with E-state index >= 15 is 0 Å². The molecule has 1 N–H and O–H groups in total. The summed E-state index contributed by atoms with van der Waals surface area (Å²) in [5.41, 5.74) is 0. The van der Waals surface area contributed by atoms with Crippen molar-refractivity contribution in [2.45, 2.75) is 65.1 Å². The van der Waals surface area contributed by atoms with Crippen molar-refractivity contribution in [2.24, 2.45) is 0 Å². The Morgan fingerprint density at radius 1 is 1.31 bits per heavy atom. The van der Waals surface area contributed by atoms with Crippen LogP contribution >= 0.6 is 0 Å². The number of nitrogens with zero attached hydrogens (tertiary/aromatic N) is 1. The summed E-state index contributed by atoms with van der Waals surface area (Å²) in [6.07, 6.45) is 2.31. The van der Waals surface area contributed by atoms with Gasteiger partial charge >= 0.3 is 0 Å². The number of nitrogens with one attached hydrogen (secondary N) is 1. The van der Waals surface area contributed by atoms with E-state index in [9.17, 15) is 9.59 Å². The van der Waals surface area contributed by atoms with Gasteiger partial charge in [0.25, 0.3) is 0 Å². The van der Waals surface area contributed by atoms with Crippen LogP contribution in [0.15, 0.2) is 0 Å². The molecule has 2 atom stereocenters. The van der Waals surface area contributed by atoms with E-state index in [1.807, 2.05) is 27.7 Å². The molecule has 1 rings (SSSR count). The van der Waals surface area contributed by atoms with Gasteiger partial charge in [-0.05, 0) is 26.7 Å². The molecule has 2 unspecified atom stereocenters. The summed E-state index contributed by atoms with van der Waals surface area (Å²) in [5.74, 6) is 0.0672. The zero-order valence-electron chi connectivity index (χ0n) is 10.6. The minimum absolute atomic E-state index is 0.00185. The lowest BCUT2D eigenvalue weighted by Gasteiger charge is -2.41. The van der Waals surface area contributed by atoms with Gasteiger partial charge in [-0.2, -0.15) is 0 Å². The number of carbonyl (C=O) groups is 2. The lowest BCUT2D eigenvalue weighted by atomic mass is 10.00. The molecule has 0 aromatic heterocycles. The SMILES string of the molecule is CCCC1C(=O)NC(CC)C(=O)N1C(C)C. The summed E-state index contributed by atoms with van der Waals surface area (Å²) in [5, 5.41) is 2.81. The summed E-state index contributed by atoms with van der Waals surface area (Å²) in [4.78, 5) is 25.8. The van der Waals surface area contributed by atoms with Crippen molar-refractivity contribution in [2.75, 3.05) is 0 Å². The molecule has 0 saturated carbocycles. The van der Waals surface area contributed by atoms with Crippen molar-refractivity contribution >= 4 is 11.8 Å². The van der Waals surface area contributed by atoms with Crippen LogP contribution in [0.25, 0.3) is 0 Å². The summed E-state index contributed by atoms with van der Waals surface area (Å²) in [7, 11) is 0. The topological polar surface area (TPSA) is 49.4 Å². The second kappa shape index (κ2) is 5.32. The van der Waals surface area contributed by atoms with Crippen molar-refractivity contribution < 1.29 is 9.59 Å². The first kappa shape index (κ1) is 13.0. The maximum absolute atomic E-state index is 12.1. The molecule has 1 fully saturated rings. The molecule has 1 saturated heterocycles. The van der Waals surface area contributed by atoms with Gasteiger partial charge in [-0.25, -0.2) is 0 Å². The van der Waals surface area contributed by atoms with E-state index in [0.29, 0.717) is 6.42 Å². The molecule has 4 nitrogen and oxygen atoms in total. The fourth-order valence-corrected chi connectivity index (χ4v) is 2.22. The number of piperazine rings is 1. The lowest BCUT2D eigenvalue weighted by Crippen LogP contribution is -2.64. The first-order valence-corrected chi connectivity index (χ1v) is 6.15. The highest BCUT2D eigenvalue weighted by molar-refractivity contribution is 5.97. The largest absolute Gasteiger partial charge is 0.343 e. The average molecular weight is 226 g/mol. The van der Waals surface area contributed by atoms with Crippen molar-refractivity contribution in [1.82, 2.24) is 10.2 Å². The maximum Gasteiger partial charge on any atom is 0.246 e. The van der Waals surface area contributed by atoms with E-state index in [4.69, 9.17) is 0 Å². The molecule has 0 spiro atoms. The Kier molecular flexibility index (Phi) is 4.33. The molecule has 4 heteroatoms. The van der Waals surface area contributed by atoms with Crippen molar-refractivity contribution in [1.29, 1.82) is 0 Å². The average Bonchev–Trinajstić information content (AvgIpc) is 2.22. The highest BCUT2D eigenvalue weighted by atomic mass is 16.2. The van der Waals surface area contributed by atoms with Crippen LogP contribution in [-0.4, -0.2) is 34.8 Å². The first-order chi connectivity index (χ1) is 7.52. The number of hydrogen-bond donors (Lipinski definition) is 1. The molecule has 0 aliphatic carbocycles. The van der Waals surface area contributed by atoms with E-state index in [1.165, 1.54) is 0 Å².